The van der Waals surface area contributed by atoms with E-state index in [1.54, 1.807) is 36.7 Å². The Hall–Kier alpha value is -2.83. The average molecular weight is 320 g/mol. The molecular formula is C16H11F3N2O2. The highest BCUT2D eigenvalue weighted by Gasteiger charge is 2.29. The van der Waals surface area contributed by atoms with Crippen molar-refractivity contribution in [2.45, 2.75) is 12.7 Å². The number of carbonyl (C=O) groups is 1. The van der Waals surface area contributed by atoms with Gasteiger partial charge in [-0.15, -0.1) is 0 Å². The normalized spacial score (nSPS) is 11.8. The van der Waals surface area contributed by atoms with Crippen LogP contribution in [0, 0.1) is 0 Å². The monoisotopic (exact) mass is 320 g/mol. The number of hydrogen-bond acceptors (Lipinski definition) is 2. The molecule has 2 heterocycles. The maximum Gasteiger partial charge on any atom is 0.406 e. The molecule has 1 aromatic carbocycles. The van der Waals surface area contributed by atoms with Gasteiger partial charge in [0.15, 0.2) is 0 Å². The van der Waals surface area contributed by atoms with Crippen molar-refractivity contribution >= 4 is 16.9 Å². The summed E-state index contributed by atoms with van der Waals surface area (Å²) in [6.07, 6.45) is -0.229. The van der Waals surface area contributed by atoms with E-state index in [1.807, 2.05) is 0 Å². The number of benzene rings is 1. The maximum absolute atomic E-state index is 12.7. The van der Waals surface area contributed by atoms with Gasteiger partial charge in [-0.2, -0.15) is 13.2 Å². The van der Waals surface area contributed by atoms with Gasteiger partial charge in [-0.1, -0.05) is 18.2 Å². The minimum absolute atomic E-state index is 0.151. The number of hydrogen-bond donors (Lipinski definition) is 1. The number of nitrogens with zero attached hydrogens (tertiary/aromatic N) is 2. The van der Waals surface area contributed by atoms with Crippen LogP contribution in [0.3, 0.4) is 0 Å². The predicted octanol–water partition coefficient (Wildman–Crippen LogP) is 3.96. The van der Waals surface area contributed by atoms with Crippen LogP contribution in [0.2, 0.25) is 0 Å². The van der Waals surface area contributed by atoms with Crippen LogP contribution >= 0.6 is 0 Å². The molecule has 0 amide bonds. The highest BCUT2D eigenvalue weighted by molar-refractivity contribution is 6.04. The Labute approximate surface area is 128 Å². The summed E-state index contributed by atoms with van der Waals surface area (Å²) in [5.41, 5.74) is 1.48. The van der Waals surface area contributed by atoms with Crippen molar-refractivity contribution in [3.8, 4) is 11.1 Å². The Morgan fingerprint density at radius 3 is 2.61 bits per heavy atom. The quantitative estimate of drug-likeness (QED) is 0.794. The second-order valence-corrected chi connectivity index (χ2v) is 5.06. The molecule has 0 fully saturated rings. The van der Waals surface area contributed by atoms with E-state index in [0.29, 0.717) is 5.56 Å². The molecule has 0 spiro atoms. The standard InChI is InChI=1S/C16H11F3N2O2/c17-16(18,19)9-21-8-13(15(22)23)12-4-3-10(6-14(12)21)11-2-1-5-20-7-11/h1-8H,9H2,(H,22,23). The summed E-state index contributed by atoms with van der Waals surface area (Å²) in [6.45, 7) is -1.24. The third-order valence-electron chi connectivity index (χ3n) is 3.46. The van der Waals surface area contributed by atoms with Gasteiger partial charge >= 0.3 is 12.1 Å². The van der Waals surface area contributed by atoms with Gasteiger partial charge in [0.05, 0.1) is 5.56 Å². The summed E-state index contributed by atoms with van der Waals surface area (Å²) < 4.78 is 39.1. The molecule has 0 aliphatic heterocycles. The number of fused-ring (bicyclic) bond motifs is 1. The molecule has 4 nitrogen and oxygen atoms in total. The zero-order chi connectivity index (χ0) is 16.6. The second-order valence-electron chi connectivity index (χ2n) is 5.06. The first-order chi connectivity index (χ1) is 10.8. The predicted molar refractivity (Wildman–Crippen MR) is 78.2 cm³/mol. The smallest absolute Gasteiger partial charge is 0.406 e. The highest BCUT2D eigenvalue weighted by atomic mass is 19.4. The van der Waals surface area contributed by atoms with E-state index in [9.17, 15) is 23.1 Å². The molecule has 23 heavy (non-hydrogen) atoms. The molecule has 7 heteroatoms. The Kier molecular flexibility index (Phi) is 3.55. The van der Waals surface area contributed by atoms with Crippen LogP contribution in [0.15, 0.2) is 48.9 Å². The van der Waals surface area contributed by atoms with Gasteiger partial charge in [-0.25, -0.2) is 4.79 Å². The maximum atomic E-state index is 12.7. The molecule has 3 aromatic rings. The number of aromatic carboxylic acids is 1. The first-order valence-electron chi connectivity index (χ1n) is 6.68. The lowest BCUT2D eigenvalue weighted by atomic mass is 10.0. The van der Waals surface area contributed by atoms with E-state index < -0.39 is 18.7 Å². The lowest BCUT2D eigenvalue weighted by Gasteiger charge is -2.09. The lowest BCUT2D eigenvalue weighted by Crippen LogP contribution is -2.16. The summed E-state index contributed by atoms with van der Waals surface area (Å²) in [5.74, 6) is -1.26. The van der Waals surface area contributed by atoms with Gasteiger partial charge in [-0.05, 0) is 17.7 Å². The molecule has 0 bridgehead atoms. The first-order valence-corrected chi connectivity index (χ1v) is 6.68. The van der Waals surface area contributed by atoms with Crippen LogP contribution in [0.5, 0.6) is 0 Å². The Morgan fingerprint density at radius 1 is 1.22 bits per heavy atom. The lowest BCUT2D eigenvalue weighted by molar-refractivity contribution is -0.139. The van der Waals surface area contributed by atoms with Gasteiger partial charge in [0, 0.05) is 35.1 Å². The zero-order valence-electron chi connectivity index (χ0n) is 11.7. The zero-order valence-corrected chi connectivity index (χ0v) is 11.7. The molecule has 1 N–H and O–H groups in total. The van der Waals surface area contributed by atoms with E-state index in [2.05, 4.69) is 4.98 Å². The second kappa shape index (κ2) is 5.42. The van der Waals surface area contributed by atoms with Crippen LogP contribution in [0.25, 0.3) is 22.0 Å². The van der Waals surface area contributed by atoms with E-state index >= 15 is 0 Å². The Balaban J connectivity index is 2.20. The molecule has 3 rings (SSSR count). The van der Waals surface area contributed by atoms with Crippen LogP contribution in [0.4, 0.5) is 13.2 Å². The van der Waals surface area contributed by atoms with Crippen LogP contribution in [0.1, 0.15) is 10.4 Å². The van der Waals surface area contributed by atoms with Gasteiger partial charge in [0.2, 0.25) is 0 Å². The number of halogens is 3. The molecule has 0 aliphatic rings. The number of rotatable bonds is 3. The summed E-state index contributed by atoms with van der Waals surface area (Å²) >= 11 is 0. The summed E-state index contributed by atoms with van der Waals surface area (Å²) in [7, 11) is 0. The van der Waals surface area contributed by atoms with Crippen molar-refractivity contribution in [3.63, 3.8) is 0 Å². The average Bonchev–Trinajstić information content (AvgIpc) is 2.84. The van der Waals surface area contributed by atoms with Crippen molar-refractivity contribution in [3.05, 3.63) is 54.5 Å². The summed E-state index contributed by atoms with van der Waals surface area (Å²) in [4.78, 5) is 15.2. The van der Waals surface area contributed by atoms with E-state index in [-0.39, 0.29) is 16.5 Å². The third-order valence-corrected chi connectivity index (χ3v) is 3.46. The van der Waals surface area contributed by atoms with Crippen molar-refractivity contribution in [2.75, 3.05) is 0 Å². The molecule has 0 saturated heterocycles. The summed E-state index contributed by atoms with van der Waals surface area (Å²) in [6, 6.07) is 8.24. The van der Waals surface area contributed by atoms with Crippen LogP contribution < -0.4 is 0 Å². The van der Waals surface area contributed by atoms with Crippen LogP contribution in [-0.2, 0) is 6.54 Å². The molecule has 0 aliphatic carbocycles. The minimum atomic E-state index is -4.44. The topological polar surface area (TPSA) is 55.1 Å². The van der Waals surface area contributed by atoms with Crippen LogP contribution in [-0.4, -0.2) is 26.8 Å². The van der Waals surface area contributed by atoms with Crippen molar-refractivity contribution in [1.29, 1.82) is 0 Å². The third kappa shape index (κ3) is 3.03. The fourth-order valence-corrected chi connectivity index (χ4v) is 2.50. The number of carboxylic acid groups (broad SMARTS) is 1. The van der Waals surface area contributed by atoms with E-state index in [1.165, 1.54) is 6.07 Å². The molecule has 118 valence electrons. The van der Waals surface area contributed by atoms with Crippen molar-refractivity contribution < 1.29 is 23.1 Å². The summed E-state index contributed by atoms with van der Waals surface area (Å²) in [5, 5.41) is 9.45. The Morgan fingerprint density at radius 2 is 2.00 bits per heavy atom. The largest absolute Gasteiger partial charge is 0.478 e. The van der Waals surface area contributed by atoms with Gasteiger partial charge in [-0.3, -0.25) is 4.98 Å². The van der Waals surface area contributed by atoms with Crippen molar-refractivity contribution in [2.24, 2.45) is 0 Å². The molecule has 0 atom stereocenters. The van der Waals surface area contributed by atoms with Gasteiger partial charge < -0.3 is 9.67 Å². The fraction of sp³-hybridized carbons (Fsp3) is 0.125. The molecule has 2 aromatic heterocycles. The number of aromatic nitrogens is 2. The molecule has 0 saturated carbocycles. The van der Waals surface area contributed by atoms with E-state index in [4.69, 9.17) is 0 Å². The first kappa shape index (κ1) is 15.1. The SMILES string of the molecule is O=C(O)c1cn(CC(F)(F)F)c2cc(-c3cccnc3)ccc12. The highest BCUT2D eigenvalue weighted by Crippen LogP contribution is 2.30. The fourth-order valence-electron chi connectivity index (χ4n) is 2.50. The molecule has 0 unspecified atom stereocenters. The minimum Gasteiger partial charge on any atom is -0.478 e. The van der Waals surface area contributed by atoms with Crippen molar-refractivity contribution in [1.82, 2.24) is 9.55 Å². The Bertz CT molecular complexity index is 870. The molecule has 0 radical (unpaired) electrons. The number of alkyl halides is 3. The molecular weight excluding hydrogens is 309 g/mol. The van der Waals surface area contributed by atoms with E-state index in [0.717, 1.165) is 16.3 Å². The number of carboxylic acids is 1. The van der Waals surface area contributed by atoms with Gasteiger partial charge in [0.1, 0.15) is 6.54 Å². The number of pyridine rings is 1. The van der Waals surface area contributed by atoms with Gasteiger partial charge in [0.25, 0.3) is 0 Å².